The molecule has 0 unspecified atom stereocenters. The van der Waals surface area contributed by atoms with Crippen LogP contribution >= 0.6 is 0 Å². The highest BCUT2D eigenvalue weighted by Gasteiger charge is 2.53. The van der Waals surface area contributed by atoms with Crippen LogP contribution < -0.4 is 10.5 Å². The summed E-state index contributed by atoms with van der Waals surface area (Å²) in [5.41, 5.74) is 9.33. The first-order valence-electron chi connectivity index (χ1n) is 46.0. The van der Waals surface area contributed by atoms with Gasteiger partial charge in [-0.05, 0) is 174 Å². The number of nitrogens with zero attached hydrogens (tertiary/aromatic N) is 3. The maximum absolute atomic E-state index is 15.8. The molecule has 4 aliphatic heterocycles. The van der Waals surface area contributed by atoms with Crippen molar-refractivity contribution < 1.29 is 132 Å². The summed E-state index contributed by atoms with van der Waals surface area (Å²) in [6.45, 7) is 19.8. The van der Waals surface area contributed by atoms with Crippen molar-refractivity contribution in [3.8, 4) is 16.9 Å². The lowest BCUT2D eigenvalue weighted by molar-refractivity contribution is -0.265. The SMILES string of the molecule is CO[C@H]1C[C@@H]2CC[C@@H](C)[C@@](O)(O2)C(=O)C(=O)N2CCCC[C@H]2C(=O)O[C@H]([C@H](C)C[C@@H]2CC[C@@H](OC(=O)CCCOCCOCCOCCOCCOCCOCCOCCOCCC(=O)CCCS(=O)(=O)c3ccc(C(=O)N4CCOc5ccc(-c6ccc(N)nc6)cc5C4)c(C)c3F)[C@H](OC)C2)CC(=O)[C@H](C)/C=C(\C)[C@@H](O)[C@@H](OC)C(=O)[C@H](C)C[C@H](C)/C=C/C=C/C=C/1C. The number of benzene rings is 2. The van der Waals surface area contributed by atoms with Crippen LogP contribution in [0, 0.1) is 48.2 Å². The number of cyclic esters (lactones) is 1. The minimum Gasteiger partial charge on any atom is -0.491 e. The number of aliphatic hydroxyl groups excluding tert-OH is 1. The molecule has 8 rings (SSSR count). The number of nitrogens with two attached hydrogens (primary N) is 1. The van der Waals surface area contributed by atoms with Gasteiger partial charge in [0.05, 0.1) is 130 Å². The van der Waals surface area contributed by atoms with Crippen LogP contribution in [0.15, 0.2) is 101 Å². The number of ether oxygens (including phenoxy) is 15. The van der Waals surface area contributed by atoms with E-state index in [1.807, 2.05) is 75.4 Å². The van der Waals surface area contributed by atoms with Gasteiger partial charge >= 0.3 is 11.9 Å². The highest BCUT2D eigenvalue weighted by Crippen LogP contribution is 2.40. The number of aromatic nitrogens is 1. The van der Waals surface area contributed by atoms with Gasteiger partial charge in [-0.3, -0.25) is 33.6 Å². The van der Waals surface area contributed by atoms with Crippen LogP contribution in [0.3, 0.4) is 0 Å². The predicted molar refractivity (Wildman–Crippen MR) is 481 cm³/mol. The number of carbonyl (C=O) groups excluding carboxylic acids is 8. The van der Waals surface area contributed by atoms with Gasteiger partial charge in [0.25, 0.3) is 17.6 Å². The molecule has 31 nitrogen and oxygen atoms in total. The Kier molecular flexibility index (Phi) is 46.0. The smallest absolute Gasteiger partial charge is 0.329 e. The number of aliphatic hydroxyl groups is 2. The number of sulfone groups is 1. The Balaban J connectivity index is 0.645. The standard InChI is InChI=1S/C97H141FN4O27S/c1-64-19-13-12-14-20-65(2)83(115-9)60-77-28-24-70(7)97(112,129-77)93(108)95(110)102-35-16-15-22-79(102)96(111)128-84(61-80(104)66(3)56-69(6)91(107)92(117-11)90(106)68(5)55-64)67(4)57-72-25-30-82(85(58-72)116-10)127-88(105)23-17-37-118-40-42-120-44-46-122-48-50-124-52-53-125-51-49-123-47-45-121-43-41-119-38-34-76(103)21-18-54-130(113,114)86-32-29-78(71(8)89(86)98)94(109)101-36-39-126-81-31-26-73(59-75(81)63-101)74-27-33-87(99)100-62-74/h12-14,19-20,26-27,29,31-33,56,59,62,64,66-68,70,72,77,79,82-85,91-92,107,112H,15-18,21-25,28,30,34-55,57-58,60-61,63H2,1-11H3,(H2,99,100)/b14-12+,19-13+,65-20+,69-56+/t64-,66-,67-,68-,70-,72+,77+,79+,82-,83+,84+,85-,91-,92+,97-/m1/s1. The molecule has 2 aromatic carbocycles. The third kappa shape index (κ3) is 33.6. The van der Waals surface area contributed by atoms with E-state index in [1.165, 1.54) is 29.9 Å². The first kappa shape index (κ1) is 107. The van der Waals surface area contributed by atoms with Gasteiger partial charge in [-0.15, -0.1) is 0 Å². The number of hydrogen-bond acceptors (Lipinski definition) is 29. The molecular weight excluding hydrogens is 1700 g/mol. The first-order chi connectivity index (χ1) is 62.4. The van der Waals surface area contributed by atoms with E-state index in [2.05, 4.69) is 4.98 Å². The molecule has 15 atom stereocenters. The predicted octanol–water partition coefficient (Wildman–Crippen LogP) is 11.0. The molecule has 1 saturated carbocycles. The van der Waals surface area contributed by atoms with Gasteiger partial charge in [0.1, 0.15) is 70.9 Å². The minimum absolute atomic E-state index is 0.0132. The number of pyridine rings is 1. The van der Waals surface area contributed by atoms with Crippen LogP contribution in [0.4, 0.5) is 10.2 Å². The van der Waals surface area contributed by atoms with Gasteiger partial charge in [-0.1, -0.05) is 77.1 Å². The number of rotatable bonds is 42. The first-order valence-corrected chi connectivity index (χ1v) is 47.6. The van der Waals surface area contributed by atoms with Crippen LogP contribution in [0.1, 0.15) is 179 Å². The molecule has 2 bridgehead atoms. The molecule has 724 valence electrons. The number of fused-ring (bicyclic) bond motifs is 4. The molecule has 3 aromatic rings. The topological polar surface area (TPSA) is 395 Å². The molecule has 2 saturated heterocycles. The molecule has 130 heavy (non-hydrogen) atoms. The summed E-state index contributed by atoms with van der Waals surface area (Å²) in [5.74, 6) is -10.2. The van der Waals surface area contributed by atoms with E-state index in [4.69, 9.17) is 76.8 Å². The van der Waals surface area contributed by atoms with Crippen LogP contribution in [-0.2, 0) is 116 Å². The largest absolute Gasteiger partial charge is 0.491 e. The fraction of sp³-hybridized carbons (Fsp3) is 0.660. The molecule has 33 heteroatoms. The van der Waals surface area contributed by atoms with Crippen molar-refractivity contribution in [2.75, 3.05) is 158 Å². The van der Waals surface area contributed by atoms with Gasteiger partial charge < -0.3 is 96.8 Å². The average Bonchev–Trinajstić information content (AvgIpc) is 1.28. The average molecular weight is 1850 g/mol. The number of Topliss-reactive ketones (excluding diaryl/α,β-unsaturated/α-hetero) is 4. The molecule has 0 spiro atoms. The van der Waals surface area contributed by atoms with E-state index in [0.717, 1.165) is 28.3 Å². The lowest BCUT2D eigenvalue weighted by atomic mass is 9.78. The Morgan fingerprint density at radius 2 is 1.33 bits per heavy atom. The molecule has 4 N–H and O–H groups in total. The van der Waals surface area contributed by atoms with Gasteiger partial charge in [0.2, 0.25) is 5.79 Å². The zero-order valence-corrected chi connectivity index (χ0v) is 78.7. The Hall–Kier alpha value is -7.97. The maximum atomic E-state index is 15.8. The Bertz CT molecular complexity index is 4350. The summed E-state index contributed by atoms with van der Waals surface area (Å²) >= 11 is 0. The number of esters is 2. The van der Waals surface area contributed by atoms with Crippen molar-refractivity contribution in [2.45, 2.75) is 231 Å². The molecule has 3 fully saturated rings. The number of ketones is 4. The molecule has 2 amide bonds. The fourth-order valence-corrected chi connectivity index (χ4v) is 18.4. The number of methoxy groups -OCH3 is 3. The molecule has 1 aliphatic carbocycles. The highest BCUT2D eigenvalue weighted by atomic mass is 32.2. The zero-order chi connectivity index (χ0) is 94.3. The van der Waals surface area contributed by atoms with Crippen LogP contribution in [0.2, 0.25) is 0 Å². The van der Waals surface area contributed by atoms with Crippen molar-refractivity contribution in [2.24, 2.45) is 35.5 Å². The third-order valence-electron chi connectivity index (χ3n) is 24.8. The number of allylic oxidation sites excluding steroid dienone is 6. The molecular formula is C97H141FN4O27S. The van der Waals surface area contributed by atoms with E-state index in [1.54, 1.807) is 60.3 Å². The van der Waals surface area contributed by atoms with Crippen molar-refractivity contribution in [1.82, 2.24) is 14.8 Å². The van der Waals surface area contributed by atoms with Gasteiger partial charge in [-0.2, -0.15) is 0 Å². The van der Waals surface area contributed by atoms with Gasteiger partial charge in [-0.25, -0.2) is 22.6 Å². The Morgan fingerprint density at radius 1 is 0.685 bits per heavy atom. The van der Waals surface area contributed by atoms with E-state index < -0.39 is 128 Å². The summed E-state index contributed by atoms with van der Waals surface area (Å²) < 4.78 is 129. The van der Waals surface area contributed by atoms with E-state index >= 15 is 4.39 Å². The van der Waals surface area contributed by atoms with Crippen molar-refractivity contribution in [3.05, 3.63) is 119 Å². The number of amides is 2. The molecule has 5 aliphatic rings. The number of hydrogen-bond donors (Lipinski definition) is 3. The summed E-state index contributed by atoms with van der Waals surface area (Å²) in [5, 5.41) is 23.8. The number of anilines is 1. The van der Waals surface area contributed by atoms with E-state index in [-0.39, 0.29) is 137 Å². The third-order valence-corrected chi connectivity index (χ3v) is 26.6. The lowest BCUT2D eigenvalue weighted by Crippen LogP contribution is -2.61. The quantitative estimate of drug-likeness (QED) is 0.0205. The van der Waals surface area contributed by atoms with E-state index in [9.17, 15) is 57.0 Å². The summed E-state index contributed by atoms with van der Waals surface area (Å²) in [7, 11) is 0.364. The molecule has 5 heterocycles. The Morgan fingerprint density at radius 3 is 1.96 bits per heavy atom. The number of halogens is 1. The van der Waals surface area contributed by atoms with Crippen LogP contribution in [0.5, 0.6) is 5.75 Å². The lowest BCUT2D eigenvalue weighted by Gasteiger charge is -2.42. The summed E-state index contributed by atoms with van der Waals surface area (Å²) in [4.78, 5) is 118. The number of carbonyl (C=O) groups is 8. The van der Waals surface area contributed by atoms with E-state index in [0.29, 0.717) is 167 Å². The highest BCUT2D eigenvalue weighted by molar-refractivity contribution is 7.91. The van der Waals surface area contributed by atoms with Crippen LogP contribution in [0.25, 0.3) is 11.1 Å². The zero-order valence-electron chi connectivity index (χ0n) is 77.8. The Labute approximate surface area is 765 Å². The summed E-state index contributed by atoms with van der Waals surface area (Å²) in [6, 6.07) is 10.4. The van der Waals surface area contributed by atoms with Crippen LogP contribution in [-0.4, -0.2) is 287 Å². The normalized spacial score (nSPS) is 26.7. The fourth-order valence-electron chi connectivity index (χ4n) is 16.9. The second-order valence-corrected chi connectivity index (χ2v) is 36.8. The number of piperidine rings is 1. The van der Waals surface area contributed by atoms with Crippen molar-refractivity contribution in [3.63, 3.8) is 0 Å². The monoisotopic (exact) mass is 1840 g/mol. The second-order valence-electron chi connectivity index (χ2n) is 34.7. The summed E-state index contributed by atoms with van der Waals surface area (Å²) in [6.07, 6.45) is 12.3. The van der Waals surface area contributed by atoms with Crippen molar-refractivity contribution in [1.29, 1.82) is 0 Å². The molecule has 1 aromatic heterocycles. The van der Waals surface area contributed by atoms with Gasteiger partial charge in [0, 0.05) is 114 Å². The van der Waals surface area contributed by atoms with Crippen molar-refractivity contribution >= 4 is 62.5 Å². The second kappa shape index (κ2) is 55.6. The van der Waals surface area contributed by atoms with Gasteiger partial charge in [0.15, 0.2) is 15.6 Å². The minimum atomic E-state index is -4.13. The maximum Gasteiger partial charge on any atom is 0.329 e. The number of nitrogen functional groups attached to an aromatic ring is 1. The molecule has 0 radical (unpaired) electrons.